The van der Waals surface area contributed by atoms with Crippen LogP contribution < -0.4 is 14.2 Å². The maximum absolute atomic E-state index is 12.1. The number of nitro benzene ring substituents is 1. The lowest BCUT2D eigenvalue weighted by Crippen LogP contribution is -2.29. The molecule has 0 aromatic heterocycles. The Kier molecular flexibility index (Phi) is 5.90. The predicted octanol–water partition coefficient (Wildman–Crippen LogP) is 2.68. The minimum absolute atomic E-state index is 0.0122. The molecule has 0 bridgehead atoms. The predicted molar refractivity (Wildman–Crippen MR) is 88.6 cm³/mol. The molecule has 0 radical (unpaired) electrons. The van der Waals surface area contributed by atoms with Crippen LogP contribution in [0.25, 0.3) is 0 Å². The van der Waals surface area contributed by atoms with E-state index >= 15 is 0 Å². The summed E-state index contributed by atoms with van der Waals surface area (Å²) in [5.41, 5.74) is -1.15. The molecule has 0 aliphatic carbocycles. The van der Waals surface area contributed by atoms with Crippen LogP contribution in [0.4, 0.5) is 14.5 Å². The van der Waals surface area contributed by atoms with Gasteiger partial charge in [0.05, 0.1) is 11.2 Å². The fourth-order valence-corrected chi connectivity index (χ4v) is 2.42. The number of carbonyl (C=O) groups excluding carboxylic acids is 1. The fraction of sp³-hybridized carbons (Fsp3) is 0.133. The average Bonchev–Trinajstić information content (AvgIpc) is 2.54. The zero-order chi connectivity index (χ0) is 20.2. The Morgan fingerprint density at radius 3 is 2.19 bits per heavy atom. The van der Waals surface area contributed by atoms with Crippen LogP contribution >= 0.6 is 0 Å². The summed E-state index contributed by atoms with van der Waals surface area (Å²) in [7, 11) is -3.94. The van der Waals surface area contributed by atoms with Gasteiger partial charge in [-0.25, -0.2) is 13.1 Å². The molecule has 2 rings (SSSR count). The van der Waals surface area contributed by atoms with Gasteiger partial charge in [-0.2, -0.15) is 8.78 Å². The normalized spacial score (nSPS) is 11.1. The van der Waals surface area contributed by atoms with Gasteiger partial charge in [0.2, 0.25) is 10.0 Å². The highest BCUT2D eigenvalue weighted by molar-refractivity contribution is 7.89. The first-order valence-corrected chi connectivity index (χ1v) is 8.97. The number of nitrogens with one attached hydrogen (secondary N) is 1. The molecule has 0 aliphatic heterocycles. The third-order valence-electron chi connectivity index (χ3n) is 2.97. The second-order valence-corrected chi connectivity index (χ2v) is 6.84. The van der Waals surface area contributed by atoms with E-state index in [1.165, 1.54) is 30.3 Å². The number of rotatable bonds is 7. The Balaban J connectivity index is 2.29. The van der Waals surface area contributed by atoms with Gasteiger partial charge in [0, 0.05) is 12.1 Å². The molecule has 2 aromatic rings. The van der Waals surface area contributed by atoms with Crippen LogP contribution in [0.3, 0.4) is 0 Å². The van der Waals surface area contributed by atoms with Gasteiger partial charge in [-0.3, -0.25) is 14.9 Å². The summed E-state index contributed by atoms with van der Waals surface area (Å²) in [6.45, 7) is -2.98. The van der Waals surface area contributed by atoms with Crippen molar-refractivity contribution in [3.8, 4) is 17.2 Å². The number of nitro groups is 1. The molecule has 0 fully saturated rings. The van der Waals surface area contributed by atoms with Crippen molar-refractivity contribution in [1.29, 1.82) is 0 Å². The van der Waals surface area contributed by atoms with E-state index in [9.17, 15) is 32.1 Å². The molecular formula is C15H12F2N2O7S. The van der Waals surface area contributed by atoms with Crippen molar-refractivity contribution >= 4 is 21.6 Å². The lowest BCUT2D eigenvalue weighted by molar-refractivity contribution is -0.385. The smallest absolute Gasteiger partial charge is 0.387 e. The van der Waals surface area contributed by atoms with Gasteiger partial charge in [0.25, 0.3) is 11.6 Å². The number of benzene rings is 2. The number of sulfonamides is 1. The summed E-state index contributed by atoms with van der Waals surface area (Å²) in [4.78, 5) is 22.2. The van der Waals surface area contributed by atoms with E-state index in [1.54, 1.807) is 4.72 Å². The number of hydrogen-bond donors (Lipinski definition) is 1. The highest BCUT2D eigenvalue weighted by atomic mass is 32.2. The van der Waals surface area contributed by atoms with Crippen molar-refractivity contribution in [2.45, 2.75) is 6.61 Å². The van der Waals surface area contributed by atoms with Crippen LogP contribution in [0.2, 0.25) is 0 Å². The summed E-state index contributed by atoms with van der Waals surface area (Å²) in [6, 6.07) is 8.18. The molecular weight excluding hydrogens is 390 g/mol. The van der Waals surface area contributed by atoms with Crippen LogP contribution in [0, 0.1) is 10.1 Å². The molecule has 12 heteroatoms. The van der Waals surface area contributed by atoms with E-state index < -0.39 is 38.7 Å². The topological polar surface area (TPSA) is 125 Å². The molecule has 0 saturated heterocycles. The largest absolute Gasteiger partial charge is 0.457 e. The second-order valence-electron chi connectivity index (χ2n) is 5.09. The third kappa shape index (κ3) is 5.88. The zero-order valence-corrected chi connectivity index (χ0v) is 14.4. The molecule has 9 nitrogen and oxygen atoms in total. The fourth-order valence-electron chi connectivity index (χ4n) is 1.97. The first-order chi connectivity index (χ1) is 12.5. The molecule has 0 heterocycles. The van der Waals surface area contributed by atoms with Gasteiger partial charge >= 0.3 is 6.61 Å². The highest BCUT2D eigenvalue weighted by Crippen LogP contribution is 2.29. The van der Waals surface area contributed by atoms with E-state index in [2.05, 4.69) is 4.74 Å². The molecule has 1 amide bonds. The SMILES string of the molecule is CS(=O)(=O)NC(=O)c1cc(Oc2ccc(OC(F)F)cc2)ccc1[N+](=O)[O-]. The molecule has 27 heavy (non-hydrogen) atoms. The number of nitrogens with zero attached hydrogens (tertiary/aromatic N) is 1. The van der Waals surface area contributed by atoms with E-state index in [-0.39, 0.29) is 17.2 Å². The van der Waals surface area contributed by atoms with Gasteiger partial charge in [-0.1, -0.05) is 0 Å². The summed E-state index contributed by atoms with van der Waals surface area (Å²) in [5, 5.41) is 11.0. The number of carbonyl (C=O) groups is 1. The van der Waals surface area contributed by atoms with E-state index in [1.807, 2.05) is 0 Å². The first kappa shape index (κ1) is 20.0. The number of amides is 1. The lowest BCUT2D eigenvalue weighted by atomic mass is 10.1. The Hall–Kier alpha value is -3.28. The third-order valence-corrected chi connectivity index (χ3v) is 3.53. The van der Waals surface area contributed by atoms with E-state index in [0.29, 0.717) is 0 Å². The standard InChI is InChI=1S/C15H12F2N2O7S/c1-27(23,24)18-14(20)12-8-11(6-7-13(12)19(21)22)25-9-2-4-10(5-3-9)26-15(16)17/h2-8,15H,1H3,(H,18,20). The minimum atomic E-state index is -3.94. The second kappa shape index (κ2) is 7.95. The van der Waals surface area contributed by atoms with Crippen molar-refractivity contribution in [3.63, 3.8) is 0 Å². The molecule has 1 N–H and O–H groups in total. The van der Waals surface area contributed by atoms with Crippen LogP contribution in [-0.4, -0.2) is 32.1 Å². The Bertz CT molecular complexity index is 963. The summed E-state index contributed by atoms with van der Waals surface area (Å²) >= 11 is 0. The van der Waals surface area contributed by atoms with Crippen LogP contribution in [0.1, 0.15) is 10.4 Å². The zero-order valence-electron chi connectivity index (χ0n) is 13.6. The van der Waals surface area contributed by atoms with Crippen LogP contribution in [-0.2, 0) is 10.0 Å². The maximum atomic E-state index is 12.1. The molecule has 0 atom stereocenters. The van der Waals surface area contributed by atoms with Crippen molar-refractivity contribution in [3.05, 3.63) is 58.1 Å². The van der Waals surface area contributed by atoms with Crippen molar-refractivity contribution in [2.24, 2.45) is 0 Å². The number of halogens is 2. The quantitative estimate of drug-likeness (QED) is 0.557. The first-order valence-electron chi connectivity index (χ1n) is 7.08. The van der Waals surface area contributed by atoms with Gasteiger partial charge in [0.1, 0.15) is 22.8 Å². The summed E-state index contributed by atoms with van der Waals surface area (Å²) in [5.74, 6) is -1.15. The van der Waals surface area contributed by atoms with Gasteiger partial charge in [-0.05, 0) is 30.3 Å². The molecule has 0 unspecified atom stereocenters. The molecule has 0 saturated carbocycles. The number of alkyl halides is 2. The average molecular weight is 402 g/mol. The molecule has 0 spiro atoms. The Morgan fingerprint density at radius 1 is 1.11 bits per heavy atom. The van der Waals surface area contributed by atoms with Crippen LogP contribution in [0.15, 0.2) is 42.5 Å². The van der Waals surface area contributed by atoms with Gasteiger partial charge in [-0.15, -0.1) is 0 Å². The Labute approximate surface area is 151 Å². The van der Waals surface area contributed by atoms with Gasteiger partial charge in [0.15, 0.2) is 0 Å². The van der Waals surface area contributed by atoms with Crippen LogP contribution in [0.5, 0.6) is 17.2 Å². The lowest BCUT2D eigenvalue weighted by Gasteiger charge is -2.09. The van der Waals surface area contributed by atoms with Gasteiger partial charge < -0.3 is 9.47 Å². The number of ether oxygens (including phenoxy) is 2. The van der Waals surface area contributed by atoms with E-state index in [4.69, 9.17) is 4.74 Å². The summed E-state index contributed by atoms with van der Waals surface area (Å²) < 4.78 is 57.8. The minimum Gasteiger partial charge on any atom is -0.457 e. The Morgan fingerprint density at radius 2 is 1.67 bits per heavy atom. The molecule has 2 aromatic carbocycles. The summed E-state index contributed by atoms with van der Waals surface area (Å²) in [6.07, 6.45) is 0.722. The van der Waals surface area contributed by atoms with Crippen molar-refractivity contribution in [1.82, 2.24) is 4.72 Å². The van der Waals surface area contributed by atoms with E-state index in [0.717, 1.165) is 18.4 Å². The number of hydrogen-bond acceptors (Lipinski definition) is 7. The molecule has 144 valence electrons. The monoisotopic (exact) mass is 402 g/mol. The van der Waals surface area contributed by atoms with Crippen molar-refractivity contribution in [2.75, 3.05) is 6.26 Å². The maximum Gasteiger partial charge on any atom is 0.387 e. The molecule has 0 aliphatic rings. The van der Waals surface area contributed by atoms with Crippen molar-refractivity contribution < 1.29 is 36.4 Å². The highest BCUT2D eigenvalue weighted by Gasteiger charge is 2.23.